The van der Waals surface area contributed by atoms with Gasteiger partial charge in [-0.15, -0.1) is 6.58 Å². The molecule has 1 aromatic rings. The fourth-order valence-corrected chi connectivity index (χ4v) is 3.46. The van der Waals surface area contributed by atoms with Crippen LogP contribution >= 0.6 is 7.37 Å². The van der Waals surface area contributed by atoms with Gasteiger partial charge in [-0.25, -0.2) is 0 Å². The molecule has 1 atom stereocenters. The second-order valence-corrected chi connectivity index (χ2v) is 6.99. The second kappa shape index (κ2) is 8.72. The third-order valence-electron chi connectivity index (χ3n) is 2.87. The maximum Gasteiger partial charge on any atom is 0.306 e. The number of hydrogen-bond acceptors (Lipinski definition) is 4. The number of carbonyl (C=O) groups is 1. The molecule has 1 unspecified atom stereocenters. The molecule has 0 aromatic heterocycles. The summed E-state index contributed by atoms with van der Waals surface area (Å²) >= 11 is 0. The van der Waals surface area contributed by atoms with Crippen LogP contribution in [0.3, 0.4) is 0 Å². The highest BCUT2D eigenvalue weighted by Crippen LogP contribution is 2.45. The Hall–Kier alpha value is -1.38. The van der Waals surface area contributed by atoms with Gasteiger partial charge in [0.1, 0.15) is 0 Å². The molecule has 0 aliphatic heterocycles. The lowest BCUT2D eigenvalue weighted by molar-refractivity contribution is -0.143. The molecule has 1 rings (SSSR count). The van der Waals surface area contributed by atoms with Crippen molar-refractivity contribution in [1.82, 2.24) is 0 Å². The summed E-state index contributed by atoms with van der Waals surface area (Å²) in [5, 5.41) is 0.627. The van der Waals surface area contributed by atoms with E-state index in [1.54, 1.807) is 30.3 Å². The number of carbonyl (C=O) groups excluding carboxylic acids is 1. The third-order valence-corrected chi connectivity index (χ3v) is 5.36. The van der Waals surface area contributed by atoms with Gasteiger partial charge in [0.25, 0.3) is 0 Å². The van der Waals surface area contributed by atoms with E-state index in [1.165, 1.54) is 7.11 Å². The monoisotopic (exact) mass is 296 g/mol. The van der Waals surface area contributed by atoms with Gasteiger partial charge in [-0.05, 0) is 25.0 Å². The molecule has 4 nitrogen and oxygen atoms in total. The Labute approximate surface area is 120 Å². The van der Waals surface area contributed by atoms with Crippen molar-refractivity contribution in [2.45, 2.75) is 19.3 Å². The average Bonchev–Trinajstić information content (AvgIpc) is 2.50. The van der Waals surface area contributed by atoms with Crippen LogP contribution in [-0.2, 0) is 18.6 Å². The largest absolute Gasteiger partial charge is 0.466 e. The Balaban J connectivity index is 2.47. The van der Waals surface area contributed by atoms with Gasteiger partial charge in [0, 0.05) is 18.6 Å². The van der Waals surface area contributed by atoms with Crippen molar-refractivity contribution < 1.29 is 18.6 Å². The Kier molecular flexibility index (Phi) is 7.27. The lowest BCUT2D eigenvalue weighted by Crippen LogP contribution is -2.13. The van der Waals surface area contributed by atoms with Gasteiger partial charge in [-0.3, -0.25) is 9.36 Å². The number of ether oxygens (including phenoxy) is 1. The van der Waals surface area contributed by atoms with Crippen molar-refractivity contribution in [1.29, 1.82) is 0 Å². The van der Waals surface area contributed by atoms with Gasteiger partial charge in [-0.1, -0.05) is 24.3 Å². The summed E-state index contributed by atoms with van der Waals surface area (Å²) in [6, 6.07) is 8.94. The lowest BCUT2D eigenvalue weighted by Gasteiger charge is -2.16. The summed E-state index contributed by atoms with van der Waals surface area (Å²) < 4.78 is 22.8. The fourth-order valence-electron chi connectivity index (χ4n) is 1.71. The van der Waals surface area contributed by atoms with E-state index < -0.39 is 7.37 Å². The van der Waals surface area contributed by atoms with Gasteiger partial charge in [0.05, 0.1) is 13.0 Å². The van der Waals surface area contributed by atoms with Crippen LogP contribution in [0, 0.1) is 0 Å². The minimum Gasteiger partial charge on any atom is -0.466 e. The zero-order chi connectivity index (χ0) is 14.8. The highest BCUT2D eigenvalue weighted by Gasteiger charge is 2.25. The van der Waals surface area contributed by atoms with Crippen molar-refractivity contribution >= 4 is 18.6 Å². The predicted molar refractivity (Wildman–Crippen MR) is 80.6 cm³/mol. The number of rotatable bonds is 9. The first kappa shape index (κ1) is 16.7. The lowest BCUT2D eigenvalue weighted by atomic mass is 10.3. The molecule has 0 saturated carbocycles. The smallest absolute Gasteiger partial charge is 0.306 e. The third kappa shape index (κ3) is 5.32. The van der Waals surface area contributed by atoms with E-state index in [0.29, 0.717) is 11.9 Å². The van der Waals surface area contributed by atoms with Gasteiger partial charge in [0.15, 0.2) is 0 Å². The van der Waals surface area contributed by atoms with Crippen LogP contribution in [0.25, 0.3) is 0 Å². The van der Waals surface area contributed by atoms with Crippen LogP contribution in [0.5, 0.6) is 0 Å². The summed E-state index contributed by atoms with van der Waals surface area (Å²) in [5.41, 5.74) is 0. The standard InChI is InChI=1S/C15H21O4P/c1-3-4-8-12-19-15(16)11-13-20(17,18-2)14-9-6-5-7-10-14/h3,5-7,9-10H,1,4,8,11-13H2,2H3. The molecule has 0 aliphatic rings. The summed E-state index contributed by atoms with van der Waals surface area (Å²) in [5.74, 6) is -0.345. The first-order chi connectivity index (χ1) is 9.62. The first-order valence-corrected chi connectivity index (χ1v) is 8.40. The Morgan fingerprint density at radius 2 is 2.05 bits per heavy atom. The van der Waals surface area contributed by atoms with E-state index in [0.717, 1.165) is 12.8 Å². The van der Waals surface area contributed by atoms with Crippen molar-refractivity contribution in [3.05, 3.63) is 43.0 Å². The summed E-state index contributed by atoms with van der Waals surface area (Å²) in [4.78, 5) is 11.6. The molecule has 0 radical (unpaired) electrons. The second-order valence-electron chi connectivity index (χ2n) is 4.32. The number of benzene rings is 1. The Morgan fingerprint density at radius 3 is 2.65 bits per heavy atom. The molecular weight excluding hydrogens is 275 g/mol. The highest BCUT2D eigenvalue weighted by molar-refractivity contribution is 7.67. The number of allylic oxidation sites excluding steroid dienone is 1. The van der Waals surface area contributed by atoms with E-state index in [4.69, 9.17) is 9.26 Å². The molecule has 0 amide bonds. The molecule has 0 fully saturated rings. The first-order valence-electron chi connectivity index (χ1n) is 6.59. The SMILES string of the molecule is C=CCCCOC(=O)CCP(=O)(OC)c1ccccc1. The summed E-state index contributed by atoms with van der Waals surface area (Å²) in [7, 11) is -1.56. The van der Waals surface area contributed by atoms with E-state index >= 15 is 0 Å². The van der Waals surface area contributed by atoms with E-state index in [1.807, 2.05) is 6.07 Å². The number of unbranched alkanes of at least 4 members (excludes halogenated alkanes) is 1. The molecule has 0 heterocycles. The van der Waals surface area contributed by atoms with Crippen molar-refractivity contribution in [3.8, 4) is 0 Å². The minimum atomic E-state index is -2.97. The minimum absolute atomic E-state index is 0.0914. The van der Waals surface area contributed by atoms with Gasteiger partial charge >= 0.3 is 5.97 Å². The Morgan fingerprint density at radius 1 is 1.35 bits per heavy atom. The maximum absolute atomic E-state index is 12.6. The normalized spacial score (nSPS) is 13.4. The quantitative estimate of drug-likeness (QED) is 0.304. The molecule has 20 heavy (non-hydrogen) atoms. The molecule has 0 aliphatic carbocycles. The average molecular weight is 296 g/mol. The van der Waals surface area contributed by atoms with Crippen molar-refractivity contribution in [3.63, 3.8) is 0 Å². The zero-order valence-electron chi connectivity index (χ0n) is 11.8. The topological polar surface area (TPSA) is 52.6 Å². The molecule has 0 spiro atoms. The maximum atomic E-state index is 12.6. The van der Waals surface area contributed by atoms with E-state index in [9.17, 15) is 9.36 Å². The molecule has 5 heteroatoms. The van der Waals surface area contributed by atoms with Crippen molar-refractivity contribution in [2.24, 2.45) is 0 Å². The summed E-state index contributed by atoms with van der Waals surface area (Å²) in [6.45, 7) is 3.97. The van der Waals surface area contributed by atoms with Crippen LogP contribution in [-0.4, -0.2) is 25.8 Å². The van der Waals surface area contributed by atoms with E-state index in [-0.39, 0.29) is 18.6 Å². The fraction of sp³-hybridized carbons (Fsp3) is 0.400. The number of esters is 1. The zero-order valence-corrected chi connectivity index (χ0v) is 12.7. The molecule has 110 valence electrons. The van der Waals surface area contributed by atoms with E-state index in [2.05, 4.69) is 6.58 Å². The number of hydrogen-bond donors (Lipinski definition) is 0. The van der Waals surface area contributed by atoms with Gasteiger partial charge in [0.2, 0.25) is 7.37 Å². The van der Waals surface area contributed by atoms with Crippen LogP contribution < -0.4 is 5.30 Å². The van der Waals surface area contributed by atoms with Crippen LogP contribution in [0.4, 0.5) is 0 Å². The van der Waals surface area contributed by atoms with Gasteiger partial charge < -0.3 is 9.26 Å². The van der Waals surface area contributed by atoms with Crippen LogP contribution in [0.2, 0.25) is 0 Å². The molecule has 1 aromatic carbocycles. The van der Waals surface area contributed by atoms with Gasteiger partial charge in [-0.2, -0.15) is 0 Å². The van der Waals surface area contributed by atoms with Crippen molar-refractivity contribution in [2.75, 3.05) is 19.9 Å². The Bertz CT molecular complexity index is 470. The molecular formula is C15H21O4P. The molecule has 0 saturated heterocycles. The summed E-state index contributed by atoms with van der Waals surface area (Å²) in [6.07, 6.45) is 3.61. The van der Waals surface area contributed by atoms with Crippen LogP contribution in [0.15, 0.2) is 43.0 Å². The molecule has 0 N–H and O–H groups in total. The van der Waals surface area contributed by atoms with Crippen LogP contribution in [0.1, 0.15) is 19.3 Å². The predicted octanol–water partition coefficient (Wildman–Crippen LogP) is 3.14. The highest BCUT2D eigenvalue weighted by atomic mass is 31.2. The molecule has 0 bridgehead atoms.